The Morgan fingerprint density at radius 2 is 2.00 bits per heavy atom. The predicted molar refractivity (Wildman–Crippen MR) is 65.4 cm³/mol. The molecule has 0 amide bonds. The summed E-state index contributed by atoms with van der Waals surface area (Å²) in [6, 6.07) is 3.58. The van der Waals surface area contributed by atoms with Gasteiger partial charge in [-0.15, -0.1) is 0 Å². The van der Waals surface area contributed by atoms with Gasteiger partial charge in [0.1, 0.15) is 11.6 Å². The van der Waals surface area contributed by atoms with Crippen molar-refractivity contribution in [2.75, 3.05) is 33.5 Å². The summed E-state index contributed by atoms with van der Waals surface area (Å²) in [4.78, 5) is 0. The molecule has 102 valence electrons. The molecule has 0 aliphatic carbocycles. The quantitative estimate of drug-likeness (QED) is 0.689. The van der Waals surface area contributed by atoms with E-state index in [0.29, 0.717) is 38.5 Å². The van der Waals surface area contributed by atoms with Crippen molar-refractivity contribution in [3.8, 4) is 0 Å². The van der Waals surface area contributed by atoms with E-state index in [0.717, 1.165) is 12.5 Å². The maximum atomic E-state index is 13.2. The molecule has 5 heteroatoms. The first-order chi connectivity index (χ1) is 8.74. The SMILES string of the molecule is COCCCOCCNCc1ccc(F)cc1F. The van der Waals surface area contributed by atoms with Crippen LogP contribution in [0.2, 0.25) is 0 Å². The highest BCUT2D eigenvalue weighted by Crippen LogP contribution is 2.08. The second-order valence-corrected chi connectivity index (χ2v) is 3.87. The van der Waals surface area contributed by atoms with E-state index in [1.54, 1.807) is 7.11 Å². The Hall–Kier alpha value is -1.04. The topological polar surface area (TPSA) is 30.5 Å². The van der Waals surface area contributed by atoms with Gasteiger partial charge in [-0.1, -0.05) is 6.07 Å². The van der Waals surface area contributed by atoms with Gasteiger partial charge >= 0.3 is 0 Å². The number of benzene rings is 1. The third kappa shape index (κ3) is 6.05. The van der Waals surface area contributed by atoms with E-state index in [9.17, 15) is 8.78 Å². The van der Waals surface area contributed by atoms with Crippen molar-refractivity contribution in [2.45, 2.75) is 13.0 Å². The lowest BCUT2D eigenvalue weighted by atomic mass is 10.2. The van der Waals surface area contributed by atoms with Crippen molar-refractivity contribution in [3.63, 3.8) is 0 Å². The molecule has 1 aromatic rings. The number of hydrogen-bond acceptors (Lipinski definition) is 3. The lowest BCUT2D eigenvalue weighted by Gasteiger charge is -2.07. The number of methoxy groups -OCH3 is 1. The second-order valence-electron chi connectivity index (χ2n) is 3.87. The molecule has 0 bridgehead atoms. The van der Waals surface area contributed by atoms with Crippen molar-refractivity contribution >= 4 is 0 Å². The minimum Gasteiger partial charge on any atom is -0.385 e. The molecule has 3 nitrogen and oxygen atoms in total. The number of halogens is 2. The maximum absolute atomic E-state index is 13.2. The molecule has 0 aliphatic rings. The first kappa shape index (κ1) is 15.0. The fourth-order valence-corrected chi connectivity index (χ4v) is 1.44. The minimum absolute atomic E-state index is 0.369. The highest BCUT2D eigenvalue weighted by atomic mass is 19.1. The van der Waals surface area contributed by atoms with Gasteiger partial charge in [-0.25, -0.2) is 8.78 Å². The van der Waals surface area contributed by atoms with Gasteiger partial charge in [-0.05, 0) is 12.5 Å². The summed E-state index contributed by atoms with van der Waals surface area (Å²) in [5.74, 6) is -1.08. The van der Waals surface area contributed by atoms with Crippen LogP contribution in [0.25, 0.3) is 0 Å². The first-order valence-electron chi connectivity index (χ1n) is 5.95. The molecule has 0 saturated heterocycles. The Bertz CT molecular complexity index is 348. The van der Waals surface area contributed by atoms with Gasteiger partial charge in [-0.3, -0.25) is 0 Å². The second kappa shape index (κ2) is 8.97. The summed E-state index contributed by atoms with van der Waals surface area (Å²) in [7, 11) is 1.65. The molecule has 1 N–H and O–H groups in total. The van der Waals surface area contributed by atoms with Crippen molar-refractivity contribution in [1.82, 2.24) is 5.32 Å². The van der Waals surface area contributed by atoms with Gasteiger partial charge in [-0.2, -0.15) is 0 Å². The van der Waals surface area contributed by atoms with Gasteiger partial charge in [0.25, 0.3) is 0 Å². The highest BCUT2D eigenvalue weighted by Gasteiger charge is 2.02. The average molecular weight is 259 g/mol. The zero-order valence-electron chi connectivity index (χ0n) is 10.5. The van der Waals surface area contributed by atoms with Crippen molar-refractivity contribution in [1.29, 1.82) is 0 Å². The largest absolute Gasteiger partial charge is 0.385 e. The van der Waals surface area contributed by atoms with Crippen LogP contribution in [0.15, 0.2) is 18.2 Å². The standard InChI is InChI=1S/C13H19F2NO2/c1-17-6-2-7-18-8-5-16-10-11-3-4-12(14)9-13(11)15/h3-4,9,16H,2,5-8,10H2,1H3. The summed E-state index contributed by atoms with van der Waals surface area (Å²) >= 11 is 0. The van der Waals surface area contributed by atoms with Gasteiger partial charge in [0, 0.05) is 45.0 Å². The van der Waals surface area contributed by atoms with E-state index in [4.69, 9.17) is 9.47 Å². The molecule has 0 unspecified atom stereocenters. The fraction of sp³-hybridized carbons (Fsp3) is 0.538. The molecule has 18 heavy (non-hydrogen) atoms. The first-order valence-corrected chi connectivity index (χ1v) is 5.95. The van der Waals surface area contributed by atoms with E-state index in [1.807, 2.05) is 0 Å². The van der Waals surface area contributed by atoms with Crippen molar-refractivity contribution < 1.29 is 18.3 Å². The predicted octanol–water partition coefficient (Wildman–Crippen LogP) is 2.11. The molecule has 0 heterocycles. The fourth-order valence-electron chi connectivity index (χ4n) is 1.44. The Kier molecular flexibility index (Phi) is 7.48. The number of rotatable bonds is 9. The molecule has 0 spiro atoms. The molecular weight excluding hydrogens is 240 g/mol. The zero-order valence-corrected chi connectivity index (χ0v) is 10.5. The molecule has 0 atom stereocenters. The summed E-state index contributed by atoms with van der Waals surface area (Å²) < 4.78 is 36.1. The van der Waals surface area contributed by atoms with Crippen LogP contribution in [0.1, 0.15) is 12.0 Å². The van der Waals surface area contributed by atoms with Crippen molar-refractivity contribution in [2.24, 2.45) is 0 Å². The van der Waals surface area contributed by atoms with Crippen LogP contribution >= 0.6 is 0 Å². The number of hydrogen-bond donors (Lipinski definition) is 1. The highest BCUT2D eigenvalue weighted by molar-refractivity contribution is 5.18. The Labute approximate surface area is 106 Å². The molecule has 0 aliphatic heterocycles. The van der Waals surface area contributed by atoms with E-state index < -0.39 is 11.6 Å². The molecule has 0 fully saturated rings. The minimum atomic E-state index is -0.558. The van der Waals surface area contributed by atoms with Gasteiger partial charge in [0.2, 0.25) is 0 Å². The Balaban J connectivity index is 2.07. The van der Waals surface area contributed by atoms with Crippen LogP contribution in [0.5, 0.6) is 0 Å². The molecule has 1 rings (SSSR count). The molecule has 0 radical (unpaired) electrons. The molecule has 0 saturated carbocycles. The smallest absolute Gasteiger partial charge is 0.130 e. The van der Waals surface area contributed by atoms with Crippen LogP contribution in [-0.4, -0.2) is 33.5 Å². The van der Waals surface area contributed by atoms with E-state index in [1.165, 1.54) is 12.1 Å². The van der Waals surface area contributed by atoms with Crippen LogP contribution < -0.4 is 5.32 Å². The van der Waals surface area contributed by atoms with Gasteiger partial charge in [0.15, 0.2) is 0 Å². The Morgan fingerprint density at radius 3 is 2.72 bits per heavy atom. The van der Waals surface area contributed by atoms with Gasteiger partial charge in [0.05, 0.1) is 6.61 Å². The third-order valence-electron chi connectivity index (χ3n) is 2.39. The maximum Gasteiger partial charge on any atom is 0.130 e. The van der Waals surface area contributed by atoms with Crippen LogP contribution in [0, 0.1) is 11.6 Å². The van der Waals surface area contributed by atoms with Crippen LogP contribution in [0.4, 0.5) is 8.78 Å². The lowest BCUT2D eigenvalue weighted by Crippen LogP contribution is -2.20. The molecule has 1 aromatic carbocycles. The zero-order chi connectivity index (χ0) is 13.2. The molecule has 0 aromatic heterocycles. The van der Waals surface area contributed by atoms with Gasteiger partial charge < -0.3 is 14.8 Å². The van der Waals surface area contributed by atoms with E-state index >= 15 is 0 Å². The molecular formula is C13H19F2NO2. The summed E-state index contributed by atoms with van der Waals surface area (Å²) in [5.41, 5.74) is 0.454. The van der Waals surface area contributed by atoms with E-state index in [-0.39, 0.29) is 0 Å². The summed E-state index contributed by atoms with van der Waals surface area (Å²) in [5, 5.41) is 3.03. The summed E-state index contributed by atoms with van der Waals surface area (Å²) in [6.07, 6.45) is 0.864. The Morgan fingerprint density at radius 1 is 1.17 bits per heavy atom. The number of nitrogens with one attached hydrogen (secondary N) is 1. The monoisotopic (exact) mass is 259 g/mol. The average Bonchev–Trinajstić information content (AvgIpc) is 2.35. The summed E-state index contributed by atoms with van der Waals surface area (Å²) in [6.45, 7) is 2.90. The van der Waals surface area contributed by atoms with Crippen LogP contribution in [-0.2, 0) is 16.0 Å². The third-order valence-corrected chi connectivity index (χ3v) is 2.39. The van der Waals surface area contributed by atoms with Crippen LogP contribution in [0.3, 0.4) is 0 Å². The normalized spacial score (nSPS) is 10.8. The van der Waals surface area contributed by atoms with E-state index in [2.05, 4.69) is 5.32 Å². The lowest BCUT2D eigenvalue weighted by molar-refractivity contribution is 0.104. The number of ether oxygens (including phenoxy) is 2. The van der Waals surface area contributed by atoms with Crippen molar-refractivity contribution in [3.05, 3.63) is 35.4 Å².